The predicted octanol–water partition coefficient (Wildman–Crippen LogP) is 6.07. The first-order valence-electron chi connectivity index (χ1n) is 25.5. The zero-order chi connectivity index (χ0) is 56.0. The van der Waals surface area contributed by atoms with Crippen molar-refractivity contribution >= 4 is 59.1 Å². The fraction of sp³-hybridized carbons (Fsp3) is 0.607. The predicted molar refractivity (Wildman–Crippen MR) is 275 cm³/mol. The van der Waals surface area contributed by atoms with Crippen molar-refractivity contribution in [3.8, 4) is 0 Å². The summed E-state index contributed by atoms with van der Waals surface area (Å²) in [6, 6.07) is 7.46. The molecule has 0 unspecified atom stereocenters. The molecule has 1 saturated heterocycles. The second-order valence-electron chi connectivity index (χ2n) is 21.3. The van der Waals surface area contributed by atoms with Crippen LogP contribution in [0.4, 0.5) is 0 Å². The molecule has 0 aromatic heterocycles. The molecule has 1 heterocycles. The number of esters is 4. The molecule has 0 aliphatic carbocycles. The molecule has 0 bridgehead atoms. The molecule has 4 amide bonds. The summed E-state index contributed by atoms with van der Waals surface area (Å²) in [4.78, 5) is 144. The van der Waals surface area contributed by atoms with Gasteiger partial charge in [-0.3, -0.25) is 28.8 Å². The van der Waals surface area contributed by atoms with E-state index in [9.17, 15) is 47.9 Å². The molecule has 0 spiro atoms. The van der Waals surface area contributed by atoms with Crippen molar-refractivity contribution in [3.63, 3.8) is 0 Å². The van der Waals surface area contributed by atoms with E-state index in [4.69, 9.17) is 18.9 Å². The molecule has 0 N–H and O–H groups in total. The molecule has 1 aliphatic heterocycles. The number of nitrogens with zero attached hydrogens (tertiary/aromatic N) is 4. The topological polar surface area (TPSA) is 221 Å². The number of carbonyl (C=O) groups excluding carboxylic acids is 10. The molecular formula is C56H80N4O14. The lowest BCUT2D eigenvalue weighted by molar-refractivity contribution is -0.176. The average Bonchev–Trinajstić information content (AvgIpc) is 3.32. The number of amides is 4. The highest BCUT2D eigenvalue weighted by Crippen LogP contribution is 2.24. The van der Waals surface area contributed by atoms with E-state index in [2.05, 4.69) is 0 Å². The molecule has 3 rings (SSSR count). The summed E-state index contributed by atoms with van der Waals surface area (Å²) in [5, 5.41) is 0. The van der Waals surface area contributed by atoms with Gasteiger partial charge in [-0.15, -0.1) is 0 Å². The molecule has 18 nitrogen and oxygen atoms in total. The van der Waals surface area contributed by atoms with Crippen molar-refractivity contribution in [1.29, 1.82) is 0 Å². The molecular weight excluding hydrogens is 953 g/mol. The molecule has 8 atom stereocenters. The van der Waals surface area contributed by atoms with Gasteiger partial charge in [0.1, 0.15) is 24.2 Å². The first kappa shape index (κ1) is 61.8. The SMILES string of the molecule is CC(=O)c1ccc(C[C@H]2OC(=O)[C@H](CC(C)C)N(C)C(=O)[C@@H](C)OC(=O)[C@H](CC(C)C)N(C)C(=O)[C@@H](Cc3ccc(C(C)=O)cc3)OC(=O)[C@H](CC(C)C)N(C)C(=O)[C@@H](C)OC(=O)[C@H](CC(C)C)N(C)C2=O)cc1. The Kier molecular flexibility index (Phi) is 23.2. The second kappa shape index (κ2) is 27.7. The summed E-state index contributed by atoms with van der Waals surface area (Å²) < 4.78 is 23.8. The molecule has 2 aromatic rings. The minimum absolute atomic E-state index is 0.0529. The fourth-order valence-electron chi connectivity index (χ4n) is 8.66. The minimum Gasteiger partial charge on any atom is -0.451 e. The Bertz CT molecular complexity index is 2150. The Hall–Kier alpha value is -6.46. The Labute approximate surface area is 437 Å². The molecule has 1 aliphatic rings. The summed E-state index contributed by atoms with van der Waals surface area (Å²) in [5.74, 6) is -8.24. The van der Waals surface area contributed by atoms with Gasteiger partial charge >= 0.3 is 23.9 Å². The van der Waals surface area contributed by atoms with E-state index in [1.165, 1.54) is 55.9 Å². The number of ketones is 2. The van der Waals surface area contributed by atoms with E-state index in [1.54, 1.807) is 48.5 Å². The lowest BCUT2D eigenvalue weighted by atomic mass is 9.99. The van der Waals surface area contributed by atoms with Crippen LogP contribution < -0.4 is 0 Å². The lowest BCUT2D eigenvalue weighted by Crippen LogP contribution is -2.55. The maximum Gasteiger partial charge on any atom is 0.329 e. The van der Waals surface area contributed by atoms with E-state index < -0.39 is 96.1 Å². The maximum absolute atomic E-state index is 14.8. The van der Waals surface area contributed by atoms with Gasteiger partial charge in [0.15, 0.2) is 36.0 Å². The Morgan fingerprint density at radius 1 is 0.405 bits per heavy atom. The highest BCUT2D eigenvalue weighted by atomic mass is 16.6. The van der Waals surface area contributed by atoms with Crippen LogP contribution in [0.5, 0.6) is 0 Å². The number of hydrogen-bond acceptors (Lipinski definition) is 14. The third-order valence-electron chi connectivity index (χ3n) is 13.0. The third kappa shape index (κ3) is 17.3. The fourth-order valence-corrected chi connectivity index (χ4v) is 8.66. The van der Waals surface area contributed by atoms with Crippen LogP contribution in [0.1, 0.15) is 141 Å². The number of carbonyl (C=O) groups is 10. The van der Waals surface area contributed by atoms with E-state index in [1.807, 2.05) is 55.4 Å². The Morgan fingerprint density at radius 2 is 0.635 bits per heavy atom. The number of rotatable bonds is 14. The highest BCUT2D eigenvalue weighted by molar-refractivity contribution is 5.96. The Balaban J connectivity index is 2.29. The van der Waals surface area contributed by atoms with Crippen molar-refractivity contribution in [1.82, 2.24) is 19.6 Å². The van der Waals surface area contributed by atoms with E-state index in [0.29, 0.717) is 22.3 Å². The van der Waals surface area contributed by atoms with Gasteiger partial charge in [0, 0.05) is 52.2 Å². The van der Waals surface area contributed by atoms with Crippen LogP contribution in [-0.4, -0.2) is 155 Å². The van der Waals surface area contributed by atoms with E-state index >= 15 is 0 Å². The molecule has 18 heteroatoms. The summed E-state index contributed by atoms with van der Waals surface area (Å²) in [7, 11) is 5.39. The molecule has 0 saturated carbocycles. The van der Waals surface area contributed by atoms with Crippen molar-refractivity contribution in [2.45, 2.75) is 170 Å². The number of ether oxygens (including phenoxy) is 4. The summed E-state index contributed by atoms with van der Waals surface area (Å²) in [6.45, 7) is 20.0. The number of likely N-dealkylation sites (N-methyl/N-ethyl adjacent to an activating group) is 4. The normalized spacial score (nSPS) is 24.1. The van der Waals surface area contributed by atoms with Gasteiger partial charge in [-0.2, -0.15) is 0 Å². The number of cyclic esters (lactones) is 4. The standard InChI is InChI=1S/C56H80N4O14/c1-31(2)25-43-53(67)71-37(11)49(63)57(13)46(28-34(7)8)56(70)74-48(30-40-19-23-42(24-20-40)36(10)62)52(66)60(16)44(26-32(3)4)54(68)72-38(12)50(64)58(14)45(27-33(5)6)55(69)73-47(51(65)59(43)15)29-39-17-21-41(22-18-39)35(9)61/h17-24,31-34,37-38,43-48H,25-30H2,1-16H3/t37-,38-,43+,44+,45+,46+,47-,48-/m1/s1. The van der Waals surface area contributed by atoms with Crippen molar-refractivity contribution < 1.29 is 66.9 Å². The van der Waals surface area contributed by atoms with Gasteiger partial charge in [-0.25, -0.2) is 19.2 Å². The Morgan fingerprint density at radius 3 is 0.865 bits per heavy atom. The van der Waals surface area contributed by atoms with Crippen LogP contribution in [-0.2, 0) is 70.1 Å². The molecule has 2 aromatic carbocycles. The molecule has 0 radical (unpaired) electrons. The van der Waals surface area contributed by atoms with Crippen molar-refractivity contribution in [2.24, 2.45) is 23.7 Å². The van der Waals surface area contributed by atoms with Crippen LogP contribution in [0.2, 0.25) is 0 Å². The van der Waals surface area contributed by atoms with Crippen molar-refractivity contribution in [2.75, 3.05) is 28.2 Å². The van der Waals surface area contributed by atoms with Gasteiger partial charge in [0.2, 0.25) is 0 Å². The van der Waals surface area contributed by atoms with Gasteiger partial charge in [-0.1, -0.05) is 104 Å². The molecule has 74 heavy (non-hydrogen) atoms. The van der Waals surface area contributed by atoms with Gasteiger partial charge in [-0.05, 0) is 88.2 Å². The average molecular weight is 1030 g/mol. The van der Waals surface area contributed by atoms with Crippen LogP contribution in [0.15, 0.2) is 48.5 Å². The number of hydrogen-bond donors (Lipinski definition) is 0. The monoisotopic (exact) mass is 1030 g/mol. The van der Waals surface area contributed by atoms with Gasteiger partial charge in [0.05, 0.1) is 0 Å². The van der Waals surface area contributed by atoms with Gasteiger partial charge < -0.3 is 38.5 Å². The smallest absolute Gasteiger partial charge is 0.329 e. The second-order valence-corrected chi connectivity index (χ2v) is 21.3. The third-order valence-corrected chi connectivity index (χ3v) is 13.0. The molecule has 408 valence electrons. The van der Waals surface area contributed by atoms with Crippen LogP contribution in [0.3, 0.4) is 0 Å². The quantitative estimate of drug-likeness (QED) is 0.119. The minimum atomic E-state index is -1.58. The van der Waals surface area contributed by atoms with Crippen molar-refractivity contribution in [3.05, 3.63) is 70.8 Å². The van der Waals surface area contributed by atoms with Crippen LogP contribution in [0.25, 0.3) is 0 Å². The first-order valence-corrected chi connectivity index (χ1v) is 25.5. The van der Waals surface area contributed by atoms with Crippen LogP contribution in [0, 0.1) is 23.7 Å². The van der Waals surface area contributed by atoms with Crippen LogP contribution >= 0.6 is 0 Å². The zero-order valence-corrected chi connectivity index (χ0v) is 46.3. The molecule has 1 fully saturated rings. The number of benzene rings is 2. The summed E-state index contributed by atoms with van der Waals surface area (Å²) in [6.07, 6.45) is -6.39. The summed E-state index contributed by atoms with van der Waals surface area (Å²) in [5.41, 5.74) is 1.81. The van der Waals surface area contributed by atoms with E-state index in [-0.39, 0.29) is 73.8 Å². The number of Topliss-reactive ketones (excluding diaryl/α,β-unsaturated/α-hetero) is 2. The lowest BCUT2D eigenvalue weighted by Gasteiger charge is -2.35. The summed E-state index contributed by atoms with van der Waals surface area (Å²) >= 11 is 0. The maximum atomic E-state index is 14.8. The van der Waals surface area contributed by atoms with Gasteiger partial charge in [0.25, 0.3) is 23.6 Å². The largest absolute Gasteiger partial charge is 0.451 e. The van der Waals surface area contributed by atoms with E-state index in [0.717, 1.165) is 19.6 Å². The highest BCUT2D eigenvalue weighted by Gasteiger charge is 2.43. The first-order chi connectivity index (χ1) is 34.4. The zero-order valence-electron chi connectivity index (χ0n) is 46.3.